The third-order valence-corrected chi connectivity index (χ3v) is 9.60. The van der Waals surface area contributed by atoms with Crippen molar-refractivity contribution in [2.45, 2.75) is 57.1 Å². The molecule has 4 aromatic carbocycles. The van der Waals surface area contributed by atoms with Gasteiger partial charge in [-0.25, -0.2) is 8.42 Å². The van der Waals surface area contributed by atoms with E-state index in [4.69, 9.17) is 23.2 Å². The molecule has 0 radical (unpaired) electrons. The number of hydrogen-bond acceptors (Lipinski definition) is 4. The van der Waals surface area contributed by atoms with Crippen molar-refractivity contribution in [3.8, 4) is 0 Å². The fraction of sp³-hybridized carbons (Fsp3) is 0.257. The number of carbonyl (C=O) groups is 2. The first-order chi connectivity index (χ1) is 21.3. The maximum absolute atomic E-state index is 14.6. The molecule has 4 rings (SSSR count). The Kier molecular flexibility index (Phi) is 11.0. The number of nitrogens with zero attached hydrogens (tertiary/aromatic N) is 2. The van der Waals surface area contributed by atoms with Gasteiger partial charge in [0.25, 0.3) is 10.0 Å². The lowest BCUT2D eigenvalue weighted by atomic mass is 10.0. The van der Waals surface area contributed by atoms with Gasteiger partial charge in [0.2, 0.25) is 11.8 Å². The van der Waals surface area contributed by atoms with Crippen LogP contribution in [0.3, 0.4) is 0 Å². The van der Waals surface area contributed by atoms with Crippen LogP contribution in [0.15, 0.2) is 108 Å². The van der Waals surface area contributed by atoms with Crippen molar-refractivity contribution in [3.63, 3.8) is 0 Å². The molecule has 7 nitrogen and oxygen atoms in total. The molecule has 4 aromatic rings. The van der Waals surface area contributed by atoms with Gasteiger partial charge in [-0.2, -0.15) is 0 Å². The van der Waals surface area contributed by atoms with Crippen molar-refractivity contribution in [2.24, 2.45) is 0 Å². The van der Waals surface area contributed by atoms with Gasteiger partial charge in [-0.05, 0) is 63.1 Å². The van der Waals surface area contributed by atoms with E-state index in [0.717, 1.165) is 21.0 Å². The second-order valence-corrected chi connectivity index (χ2v) is 14.5. The zero-order valence-electron chi connectivity index (χ0n) is 25.7. The highest BCUT2D eigenvalue weighted by atomic mass is 35.5. The molecule has 1 atom stereocenters. The Balaban J connectivity index is 1.84. The summed E-state index contributed by atoms with van der Waals surface area (Å²) >= 11 is 12.9. The molecule has 0 fully saturated rings. The monoisotopic (exact) mass is 665 g/mol. The Morgan fingerprint density at radius 1 is 0.822 bits per heavy atom. The standard InChI is InChI=1S/C35H37Cl2N3O4S/c1-25-13-11-16-27(21-25)23-39(31(34(42)38-35(2,3)4)22-26-14-7-5-8-15-26)32(41)24-40(30-20-12-19-29(36)33(30)37)45(43,44)28-17-9-6-10-18-28/h5-21,31H,22-24H2,1-4H3,(H,38,42)/t31-/m0/s1. The van der Waals surface area contributed by atoms with E-state index in [1.165, 1.54) is 23.1 Å². The summed E-state index contributed by atoms with van der Waals surface area (Å²) in [6, 6.07) is 28.5. The van der Waals surface area contributed by atoms with Crippen molar-refractivity contribution in [2.75, 3.05) is 10.8 Å². The van der Waals surface area contributed by atoms with Gasteiger partial charge < -0.3 is 10.2 Å². The highest BCUT2D eigenvalue weighted by Gasteiger charge is 2.36. The molecule has 0 spiro atoms. The fourth-order valence-electron chi connectivity index (χ4n) is 4.93. The van der Waals surface area contributed by atoms with E-state index >= 15 is 0 Å². The SMILES string of the molecule is Cc1cccc(CN(C(=O)CN(c2cccc(Cl)c2Cl)S(=O)(=O)c2ccccc2)[C@@H](Cc2ccccc2)C(=O)NC(C)(C)C)c1. The Morgan fingerprint density at radius 3 is 2.04 bits per heavy atom. The predicted molar refractivity (Wildman–Crippen MR) is 181 cm³/mol. The Labute approximate surface area is 275 Å². The van der Waals surface area contributed by atoms with Gasteiger partial charge >= 0.3 is 0 Å². The lowest BCUT2D eigenvalue weighted by molar-refractivity contribution is -0.140. The molecule has 0 bridgehead atoms. The molecule has 0 saturated heterocycles. The molecule has 0 heterocycles. The molecule has 0 aromatic heterocycles. The molecule has 45 heavy (non-hydrogen) atoms. The number of hydrogen-bond donors (Lipinski definition) is 1. The quantitative estimate of drug-likeness (QED) is 0.186. The number of anilines is 1. The Morgan fingerprint density at radius 2 is 1.42 bits per heavy atom. The average Bonchev–Trinajstić information content (AvgIpc) is 2.99. The summed E-state index contributed by atoms with van der Waals surface area (Å²) in [5, 5.41) is 3.15. The van der Waals surface area contributed by atoms with E-state index < -0.39 is 34.1 Å². The van der Waals surface area contributed by atoms with Crippen LogP contribution in [0, 0.1) is 6.92 Å². The van der Waals surface area contributed by atoms with Crippen LogP contribution in [-0.2, 0) is 32.6 Å². The van der Waals surface area contributed by atoms with Gasteiger partial charge in [-0.3, -0.25) is 13.9 Å². The van der Waals surface area contributed by atoms with Crippen molar-refractivity contribution >= 4 is 50.7 Å². The number of sulfonamides is 1. The number of amides is 2. The number of halogens is 2. The lowest BCUT2D eigenvalue weighted by Crippen LogP contribution is -2.56. The largest absolute Gasteiger partial charge is 0.350 e. The van der Waals surface area contributed by atoms with Gasteiger partial charge in [0, 0.05) is 18.5 Å². The van der Waals surface area contributed by atoms with Gasteiger partial charge in [-0.1, -0.05) is 108 Å². The molecule has 0 aliphatic heterocycles. The van der Waals surface area contributed by atoms with Crippen LogP contribution in [0.25, 0.3) is 0 Å². The van der Waals surface area contributed by atoms with Crippen LogP contribution >= 0.6 is 23.2 Å². The maximum Gasteiger partial charge on any atom is 0.264 e. The number of nitrogens with one attached hydrogen (secondary N) is 1. The Bertz CT molecular complexity index is 1740. The van der Waals surface area contributed by atoms with E-state index in [9.17, 15) is 18.0 Å². The summed E-state index contributed by atoms with van der Waals surface area (Å²) in [5.41, 5.74) is 2.10. The molecule has 236 valence electrons. The zero-order chi connectivity index (χ0) is 32.8. The normalized spacial score (nSPS) is 12.3. The van der Waals surface area contributed by atoms with Gasteiger partial charge in [0.05, 0.1) is 20.6 Å². The molecular weight excluding hydrogens is 629 g/mol. The first kappa shape index (κ1) is 34.0. The number of rotatable bonds is 11. The van der Waals surface area contributed by atoms with Crippen molar-refractivity contribution in [3.05, 3.63) is 130 Å². The first-order valence-electron chi connectivity index (χ1n) is 14.5. The van der Waals surface area contributed by atoms with E-state index in [1.54, 1.807) is 30.3 Å². The van der Waals surface area contributed by atoms with Gasteiger partial charge in [0.1, 0.15) is 12.6 Å². The smallest absolute Gasteiger partial charge is 0.264 e. The van der Waals surface area contributed by atoms with Gasteiger partial charge in [-0.15, -0.1) is 0 Å². The summed E-state index contributed by atoms with van der Waals surface area (Å²) in [5.74, 6) is -0.942. The zero-order valence-corrected chi connectivity index (χ0v) is 28.0. The van der Waals surface area contributed by atoms with Crippen molar-refractivity contribution in [1.82, 2.24) is 10.2 Å². The average molecular weight is 667 g/mol. The molecule has 10 heteroatoms. The van der Waals surface area contributed by atoms with Crippen LogP contribution in [0.5, 0.6) is 0 Å². The summed E-state index contributed by atoms with van der Waals surface area (Å²) in [6.45, 7) is 6.99. The fourth-order valence-corrected chi connectivity index (χ4v) is 6.83. The molecule has 1 N–H and O–H groups in total. The van der Waals surface area contributed by atoms with E-state index in [-0.39, 0.29) is 39.5 Å². The highest BCUT2D eigenvalue weighted by molar-refractivity contribution is 7.92. The first-order valence-corrected chi connectivity index (χ1v) is 16.7. The van der Waals surface area contributed by atoms with Crippen molar-refractivity contribution < 1.29 is 18.0 Å². The minimum absolute atomic E-state index is 0.0111. The molecular formula is C35H37Cl2N3O4S. The number of carbonyl (C=O) groups excluding carboxylic acids is 2. The maximum atomic E-state index is 14.6. The Hall–Kier alpha value is -3.85. The van der Waals surface area contributed by atoms with Crippen LogP contribution in [0.4, 0.5) is 5.69 Å². The predicted octanol–water partition coefficient (Wildman–Crippen LogP) is 7.05. The summed E-state index contributed by atoms with van der Waals surface area (Å²) in [6.07, 6.45) is 0.212. The summed E-state index contributed by atoms with van der Waals surface area (Å²) in [7, 11) is -4.29. The summed E-state index contributed by atoms with van der Waals surface area (Å²) < 4.78 is 29.2. The minimum Gasteiger partial charge on any atom is -0.350 e. The van der Waals surface area contributed by atoms with E-state index in [1.807, 2.05) is 82.3 Å². The molecule has 2 amide bonds. The third kappa shape index (κ3) is 8.87. The molecule has 0 saturated carbocycles. The third-order valence-electron chi connectivity index (χ3n) is 7.01. The van der Waals surface area contributed by atoms with Crippen LogP contribution < -0.4 is 9.62 Å². The van der Waals surface area contributed by atoms with Crippen LogP contribution in [0.2, 0.25) is 10.0 Å². The van der Waals surface area contributed by atoms with Gasteiger partial charge in [0.15, 0.2) is 0 Å². The van der Waals surface area contributed by atoms with E-state index in [0.29, 0.717) is 0 Å². The topological polar surface area (TPSA) is 86.8 Å². The van der Waals surface area contributed by atoms with E-state index in [2.05, 4.69) is 5.32 Å². The van der Waals surface area contributed by atoms with Crippen LogP contribution in [-0.4, -0.2) is 43.3 Å². The number of benzene rings is 4. The minimum atomic E-state index is -4.29. The van der Waals surface area contributed by atoms with Crippen LogP contribution in [0.1, 0.15) is 37.5 Å². The number of aryl methyl sites for hydroxylation is 1. The molecule has 0 aliphatic carbocycles. The second kappa shape index (κ2) is 14.5. The molecule has 0 aliphatic rings. The van der Waals surface area contributed by atoms with Crippen molar-refractivity contribution in [1.29, 1.82) is 0 Å². The second-order valence-electron chi connectivity index (χ2n) is 11.9. The highest BCUT2D eigenvalue weighted by Crippen LogP contribution is 2.35. The lowest BCUT2D eigenvalue weighted by Gasteiger charge is -2.35. The summed E-state index contributed by atoms with van der Waals surface area (Å²) in [4.78, 5) is 30.0. The molecule has 0 unspecified atom stereocenters.